The highest BCUT2D eigenvalue weighted by Crippen LogP contribution is 2.12. The second-order valence-electron chi connectivity index (χ2n) is 3.89. The zero-order chi connectivity index (χ0) is 11.5. The molecular formula is C12H27ClN2O. The minimum absolute atomic E-state index is 0. The minimum Gasteiger partial charge on any atom is -0.355 e. The third-order valence-electron chi connectivity index (χ3n) is 2.62. The Hall–Kier alpha value is -0.280. The van der Waals surface area contributed by atoms with Gasteiger partial charge in [0.2, 0.25) is 5.91 Å². The van der Waals surface area contributed by atoms with Crippen LogP contribution < -0.4 is 10.6 Å². The molecule has 1 unspecified atom stereocenters. The van der Waals surface area contributed by atoms with E-state index in [-0.39, 0.29) is 24.2 Å². The number of carbonyl (C=O) groups is 1. The maximum absolute atomic E-state index is 11.7. The van der Waals surface area contributed by atoms with Crippen molar-refractivity contribution in [2.24, 2.45) is 5.92 Å². The van der Waals surface area contributed by atoms with Gasteiger partial charge in [0, 0.05) is 19.0 Å². The van der Waals surface area contributed by atoms with Gasteiger partial charge in [-0.15, -0.1) is 12.4 Å². The minimum atomic E-state index is 0. The molecule has 0 saturated carbocycles. The maximum Gasteiger partial charge on any atom is 0.223 e. The van der Waals surface area contributed by atoms with Crippen LogP contribution in [0.4, 0.5) is 0 Å². The smallest absolute Gasteiger partial charge is 0.223 e. The molecule has 0 rings (SSSR count). The SMILES string of the molecule is CCCCC(CC)C(=O)NCCNCC.Cl. The molecule has 1 atom stereocenters. The number of likely N-dealkylation sites (N-methyl/N-ethyl adjacent to an activating group) is 1. The van der Waals surface area contributed by atoms with Crippen molar-refractivity contribution in [2.75, 3.05) is 19.6 Å². The summed E-state index contributed by atoms with van der Waals surface area (Å²) in [5, 5.41) is 6.16. The van der Waals surface area contributed by atoms with Crippen LogP contribution in [0, 0.1) is 5.92 Å². The summed E-state index contributed by atoms with van der Waals surface area (Å²) in [6.45, 7) is 8.89. The van der Waals surface area contributed by atoms with Crippen molar-refractivity contribution in [3.8, 4) is 0 Å². The fourth-order valence-corrected chi connectivity index (χ4v) is 1.57. The average molecular weight is 251 g/mol. The number of unbranched alkanes of at least 4 members (excludes halogenated alkanes) is 1. The second kappa shape index (κ2) is 12.8. The second-order valence-corrected chi connectivity index (χ2v) is 3.89. The number of carbonyl (C=O) groups excluding carboxylic acids is 1. The molecule has 0 bridgehead atoms. The monoisotopic (exact) mass is 250 g/mol. The van der Waals surface area contributed by atoms with E-state index in [1.165, 1.54) is 6.42 Å². The van der Waals surface area contributed by atoms with Gasteiger partial charge < -0.3 is 10.6 Å². The van der Waals surface area contributed by atoms with E-state index in [0.29, 0.717) is 0 Å². The topological polar surface area (TPSA) is 41.1 Å². The molecular weight excluding hydrogens is 224 g/mol. The molecule has 0 aromatic heterocycles. The number of nitrogens with one attached hydrogen (secondary N) is 2. The van der Waals surface area contributed by atoms with E-state index in [0.717, 1.165) is 38.9 Å². The molecule has 0 aliphatic heterocycles. The lowest BCUT2D eigenvalue weighted by Crippen LogP contribution is -2.35. The van der Waals surface area contributed by atoms with Gasteiger partial charge in [0.25, 0.3) is 0 Å². The van der Waals surface area contributed by atoms with Gasteiger partial charge in [-0.3, -0.25) is 4.79 Å². The lowest BCUT2D eigenvalue weighted by atomic mass is 9.98. The van der Waals surface area contributed by atoms with Crippen molar-refractivity contribution < 1.29 is 4.79 Å². The van der Waals surface area contributed by atoms with Crippen molar-refractivity contribution in [1.29, 1.82) is 0 Å². The third kappa shape index (κ3) is 8.98. The summed E-state index contributed by atoms with van der Waals surface area (Å²) >= 11 is 0. The summed E-state index contributed by atoms with van der Waals surface area (Å²) in [6.07, 6.45) is 4.30. The molecule has 4 heteroatoms. The first-order valence-electron chi connectivity index (χ1n) is 6.24. The van der Waals surface area contributed by atoms with Crippen LogP contribution in [0.3, 0.4) is 0 Å². The van der Waals surface area contributed by atoms with E-state index in [9.17, 15) is 4.79 Å². The third-order valence-corrected chi connectivity index (χ3v) is 2.62. The predicted octanol–water partition coefficient (Wildman–Crippen LogP) is 2.35. The molecule has 0 heterocycles. The maximum atomic E-state index is 11.7. The van der Waals surface area contributed by atoms with Crippen molar-refractivity contribution in [3.63, 3.8) is 0 Å². The van der Waals surface area contributed by atoms with Crippen LogP contribution in [-0.2, 0) is 4.79 Å². The zero-order valence-corrected chi connectivity index (χ0v) is 11.7. The van der Waals surface area contributed by atoms with Crippen LogP contribution in [0.15, 0.2) is 0 Å². The number of amides is 1. The molecule has 2 N–H and O–H groups in total. The van der Waals surface area contributed by atoms with Crippen LogP contribution in [0.1, 0.15) is 46.5 Å². The molecule has 0 spiro atoms. The molecule has 0 radical (unpaired) electrons. The van der Waals surface area contributed by atoms with Gasteiger partial charge in [0.15, 0.2) is 0 Å². The average Bonchev–Trinajstić information content (AvgIpc) is 2.25. The predicted molar refractivity (Wildman–Crippen MR) is 72.1 cm³/mol. The molecule has 98 valence electrons. The van der Waals surface area contributed by atoms with Crippen LogP contribution in [-0.4, -0.2) is 25.5 Å². The first kappa shape index (κ1) is 18.1. The fourth-order valence-electron chi connectivity index (χ4n) is 1.57. The highest BCUT2D eigenvalue weighted by Gasteiger charge is 2.14. The Bertz CT molecular complexity index is 165. The fraction of sp³-hybridized carbons (Fsp3) is 0.917. The molecule has 0 aromatic carbocycles. The van der Waals surface area contributed by atoms with E-state index < -0.39 is 0 Å². The molecule has 0 saturated heterocycles. The van der Waals surface area contributed by atoms with E-state index >= 15 is 0 Å². The van der Waals surface area contributed by atoms with Gasteiger partial charge in [-0.25, -0.2) is 0 Å². The Kier molecular flexibility index (Phi) is 14.5. The summed E-state index contributed by atoms with van der Waals surface area (Å²) in [6, 6.07) is 0. The Labute approximate surface area is 106 Å². The first-order chi connectivity index (χ1) is 7.26. The van der Waals surface area contributed by atoms with Crippen molar-refractivity contribution in [1.82, 2.24) is 10.6 Å². The van der Waals surface area contributed by atoms with Gasteiger partial charge in [-0.05, 0) is 19.4 Å². The van der Waals surface area contributed by atoms with Gasteiger partial charge in [-0.1, -0.05) is 33.6 Å². The first-order valence-corrected chi connectivity index (χ1v) is 6.24. The number of halogens is 1. The normalized spacial score (nSPS) is 11.7. The molecule has 1 amide bonds. The molecule has 0 aliphatic rings. The molecule has 0 fully saturated rings. The van der Waals surface area contributed by atoms with E-state index in [2.05, 4.69) is 31.4 Å². The highest BCUT2D eigenvalue weighted by molar-refractivity contribution is 5.85. The summed E-state index contributed by atoms with van der Waals surface area (Å²) < 4.78 is 0. The van der Waals surface area contributed by atoms with Gasteiger partial charge in [-0.2, -0.15) is 0 Å². The van der Waals surface area contributed by atoms with E-state index in [1.807, 2.05) is 0 Å². The van der Waals surface area contributed by atoms with Crippen LogP contribution >= 0.6 is 12.4 Å². The molecule has 16 heavy (non-hydrogen) atoms. The van der Waals surface area contributed by atoms with E-state index in [1.54, 1.807) is 0 Å². The summed E-state index contributed by atoms with van der Waals surface area (Å²) in [4.78, 5) is 11.7. The Balaban J connectivity index is 0. The van der Waals surface area contributed by atoms with Crippen molar-refractivity contribution >= 4 is 18.3 Å². The highest BCUT2D eigenvalue weighted by atomic mass is 35.5. The Morgan fingerprint density at radius 1 is 1.19 bits per heavy atom. The van der Waals surface area contributed by atoms with Crippen molar-refractivity contribution in [2.45, 2.75) is 46.5 Å². The van der Waals surface area contributed by atoms with Gasteiger partial charge in [0.1, 0.15) is 0 Å². The van der Waals surface area contributed by atoms with Crippen molar-refractivity contribution in [3.05, 3.63) is 0 Å². The largest absolute Gasteiger partial charge is 0.355 e. The van der Waals surface area contributed by atoms with Crippen LogP contribution in [0.2, 0.25) is 0 Å². The number of rotatable bonds is 9. The molecule has 0 aliphatic carbocycles. The van der Waals surface area contributed by atoms with Crippen LogP contribution in [0.5, 0.6) is 0 Å². The van der Waals surface area contributed by atoms with Gasteiger partial charge >= 0.3 is 0 Å². The quantitative estimate of drug-likeness (QED) is 0.617. The van der Waals surface area contributed by atoms with Crippen LogP contribution in [0.25, 0.3) is 0 Å². The van der Waals surface area contributed by atoms with Gasteiger partial charge in [0.05, 0.1) is 0 Å². The number of hydrogen-bond donors (Lipinski definition) is 2. The Morgan fingerprint density at radius 3 is 2.38 bits per heavy atom. The summed E-state index contributed by atoms with van der Waals surface area (Å²) in [7, 11) is 0. The Morgan fingerprint density at radius 2 is 1.88 bits per heavy atom. The molecule has 0 aromatic rings. The lowest BCUT2D eigenvalue weighted by molar-refractivity contribution is -0.125. The number of hydrogen-bond acceptors (Lipinski definition) is 2. The lowest BCUT2D eigenvalue weighted by Gasteiger charge is -2.14. The summed E-state index contributed by atoms with van der Waals surface area (Å²) in [5.41, 5.74) is 0. The van der Waals surface area contributed by atoms with E-state index in [4.69, 9.17) is 0 Å². The standard InChI is InChI=1S/C12H26N2O.ClH/c1-4-7-8-11(5-2)12(15)14-10-9-13-6-3;/h11,13H,4-10H2,1-3H3,(H,14,15);1H. The molecule has 3 nitrogen and oxygen atoms in total. The zero-order valence-electron chi connectivity index (χ0n) is 10.8. The summed E-state index contributed by atoms with van der Waals surface area (Å²) in [5.74, 6) is 0.440.